The number of anilines is 2. The Morgan fingerprint density at radius 2 is 1.92 bits per heavy atom. The van der Waals surface area contributed by atoms with Gasteiger partial charge in [0.25, 0.3) is 5.91 Å². The molecule has 0 saturated heterocycles. The van der Waals surface area contributed by atoms with Crippen molar-refractivity contribution in [1.29, 1.82) is 0 Å². The van der Waals surface area contributed by atoms with Gasteiger partial charge in [0.05, 0.1) is 31.7 Å². The van der Waals surface area contributed by atoms with Crippen LogP contribution in [0.1, 0.15) is 18.5 Å². The summed E-state index contributed by atoms with van der Waals surface area (Å²) in [7, 11) is 3.14. The summed E-state index contributed by atoms with van der Waals surface area (Å²) < 4.78 is 12.6. The van der Waals surface area contributed by atoms with Gasteiger partial charge in [-0.05, 0) is 48.9 Å². The van der Waals surface area contributed by atoms with Crippen molar-refractivity contribution >= 4 is 29.1 Å². The molecule has 0 saturated carbocycles. The van der Waals surface area contributed by atoms with Crippen LogP contribution < -0.4 is 20.1 Å². The maximum Gasteiger partial charge on any atom is 0.255 e. The Bertz CT molecular complexity index is 1470. The Kier molecular flexibility index (Phi) is 6.30. The van der Waals surface area contributed by atoms with Gasteiger partial charge in [-0.2, -0.15) is 4.98 Å². The van der Waals surface area contributed by atoms with E-state index >= 15 is 0 Å². The van der Waals surface area contributed by atoms with Gasteiger partial charge >= 0.3 is 0 Å². The van der Waals surface area contributed by atoms with Crippen LogP contribution in [0, 0.1) is 0 Å². The number of methoxy groups -OCH3 is 2. The molecule has 5 rings (SSSR count). The van der Waals surface area contributed by atoms with E-state index in [1.807, 2.05) is 31.2 Å². The number of ether oxygens (including phenoxy) is 2. The van der Waals surface area contributed by atoms with E-state index in [0.29, 0.717) is 45.3 Å². The molecule has 0 fully saturated rings. The summed E-state index contributed by atoms with van der Waals surface area (Å²) in [5, 5.41) is 11.5. The Hall–Kier alpha value is -4.37. The van der Waals surface area contributed by atoms with Gasteiger partial charge in [-0.25, -0.2) is 4.68 Å². The Morgan fingerprint density at radius 3 is 2.64 bits per heavy atom. The molecule has 1 aliphatic rings. The average Bonchev–Trinajstić information content (AvgIpc) is 3.31. The molecule has 1 amide bonds. The van der Waals surface area contributed by atoms with Gasteiger partial charge in [-0.15, -0.1) is 5.10 Å². The van der Waals surface area contributed by atoms with Crippen molar-refractivity contribution in [1.82, 2.24) is 19.7 Å². The number of amides is 1. The normalized spacial score (nSPS) is 14.6. The minimum Gasteiger partial charge on any atom is -0.493 e. The van der Waals surface area contributed by atoms with Gasteiger partial charge in [-0.1, -0.05) is 29.8 Å². The fourth-order valence-electron chi connectivity index (χ4n) is 4.16. The maximum absolute atomic E-state index is 13.6. The molecule has 0 radical (unpaired) electrons. The molecule has 1 unspecified atom stereocenters. The first-order chi connectivity index (χ1) is 17.5. The number of hydrogen-bond donors (Lipinski definition) is 2. The fraction of sp³-hybridized carbons (Fsp3) is 0.154. The number of carbonyl (C=O) groups is 1. The van der Waals surface area contributed by atoms with Gasteiger partial charge in [0.2, 0.25) is 5.95 Å². The molecular weight excluding hydrogens is 480 g/mol. The number of aromatic nitrogens is 4. The van der Waals surface area contributed by atoms with Crippen molar-refractivity contribution in [2.24, 2.45) is 0 Å². The quantitative estimate of drug-likeness (QED) is 0.385. The van der Waals surface area contributed by atoms with E-state index in [0.717, 1.165) is 11.1 Å². The predicted molar refractivity (Wildman–Crippen MR) is 137 cm³/mol. The lowest BCUT2D eigenvalue weighted by Crippen LogP contribution is -2.31. The summed E-state index contributed by atoms with van der Waals surface area (Å²) in [6, 6.07) is 15.8. The van der Waals surface area contributed by atoms with Crippen LogP contribution in [0.3, 0.4) is 0 Å². The molecule has 0 bridgehead atoms. The molecule has 1 atom stereocenters. The molecule has 2 N–H and O–H groups in total. The lowest BCUT2D eigenvalue weighted by molar-refractivity contribution is -0.113. The zero-order valence-corrected chi connectivity index (χ0v) is 20.6. The molecule has 2 aromatic carbocycles. The molecule has 36 heavy (non-hydrogen) atoms. The topological polar surface area (TPSA) is 103 Å². The first kappa shape index (κ1) is 23.4. The Morgan fingerprint density at radius 1 is 1.08 bits per heavy atom. The monoisotopic (exact) mass is 502 g/mol. The number of pyridine rings is 1. The second-order valence-electron chi connectivity index (χ2n) is 8.09. The van der Waals surface area contributed by atoms with Crippen LogP contribution in [0.2, 0.25) is 5.02 Å². The van der Waals surface area contributed by atoms with Crippen molar-refractivity contribution < 1.29 is 14.3 Å². The predicted octanol–water partition coefficient (Wildman–Crippen LogP) is 4.94. The maximum atomic E-state index is 13.6. The summed E-state index contributed by atoms with van der Waals surface area (Å²) in [4.78, 5) is 22.4. The third-order valence-corrected chi connectivity index (χ3v) is 6.06. The molecule has 182 valence electrons. The number of fused-ring (bicyclic) bond motifs is 1. The number of nitrogens with zero attached hydrogens (tertiary/aromatic N) is 4. The number of hydrogen-bond acceptors (Lipinski definition) is 7. The summed E-state index contributed by atoms with van der Waals surface area (Å²) in [5.74, 6) is 1.80. The molecule has 10 heteroatoms. The van der Waals surface area contributed by atoms with Gasteiger partial charge in [0, 0.05) is 22.5 Å². The van der Waals surface area contributed by atoms with Crippen LogP contribution in [0.15, 0.2) is 78.3 Å². The molecule has 3 heterocycles. The van der Waals surface area contributed by atoms with Crippen molar-refractivity contribution in [3.8, 4) is 22.9 Å². The second kappa shape index (κ2) is 9.71. The lowest BCUT2D eigenvalue weighted by atomic mass is 9.94. The molecular formula is C26H23ClN6O3. The van der Waals surface area contributed by atoms with Gasteiger partial charge in [0.15, 0.2) is 17.3 Å². The lowest BCUT2D eigenvalue weighted by Gasteiger charge is -2.29. The zero-order chi connectivity index (χ0) is 25.2. The van der Waals surface area contributed by atoms with E-state index < -0.39 is 6.04 Å². The first-order valence-electron chi connectivity index (χ1n) is 11.1. The highest BCUT2D eigenvalue weighted by molar-refractivity contribution is 6.30. The van der Waals surface area contributed by atoms with Crippen molar-refractivity contribution in [2.45, 2.75) is 13.0 Å². The smallest absolute Gasteiger partial charge is 0.255 e. The SMILES string of the molecule is COc1ccc(C2C(C(=O)Nc3cccnc3)=C(C)Nc3nc(-c4cccc(Cl)c4)nn32)cc1OC. The van der Waals surface area contributed by atoms with Crippen molar-refractivity contribution in [2.75, 3.05) is 24.9 Å². The van der Waals surface area contributed by atoms with Crippen LogP contribution in [-0.2, 0) is 4.79 Å². The highest BCUT2D eigenvalue weighted by Crippen LogP contribution is 2.40. The van der Waals surface area contributed by atoms with Gasteiger partial charge in [-0.3, -0.25) is 9.78 Å². The van der Waals surface area contributed by atoms with E-state index in [1.54, 1.807) is 61.6 Å². The Labute approximate surface area is 212 Å². The van der Waals surface area contributed by atoms with Crippen molar-refractivity contribution in [3.63, 3.8) is 0 Å². The van der Waals surface area contributed by atoms with E-state index in [4.69, 9.17) is 31.2 Å². The van der Waals surface area contributed by atoms with Gasteiger partial charge < -0.3 is 20.1 Å². The number of allylic oxidation sites excluding steroid dienone is 1. The highest BCUT2D eigenvalue weighted by Gasteiger charge is 2.35. The van der Waals surface area contributed by atoms with Crippen LogP contribution in [0.4, 0.5) is 11.6 Å². The van der Waals surface area contributed by atoms with E-state index in [1.165, 1.54) is 0 Å². The van der Waals surface area contributed by atoms with Crippen LogP contribution in [0.5, 0.6) is 11.5 Å². The molecule has 0 spiro atoms. The van der Waals surface area contributed by atoms with Gasteiger partial charge in [0.1, 0.15) is 6.04 Å². The summed E-state index contributed by atoms with van der Waals surface area (Å²) in [6.07, 6.45) is 3.24. The largest absolute Gasteiger partial charge is 0.493 e. The number of benzene rings is 2. The number of halogens is 1. The molecule has 1 aliphatic heterocycles. The molecule has 4 aromatic rings. The summed E-state index contributed by atoms with van der Waals surface area (Å²) in [6.45, 7) is 1.84. The van der Waals surface area contributed by atoms with E-state index in [-0.39, 0.29) is 5.91 Å². The third kappa shape index (κ3) is 4.36. The highest BCUT2D eigenvalue weighted by atomic mass is 35.5. The van der Waals surface area contributed by atoms with E-state index in [2.05, 4.69) is 15.6 Å². The number of rotatable bonds is 6. The molecule has 9 nitrogen and oxygen atoms in total. The minimum atomic E-state index is -0.599. The van der Waals surface area contributed by atoms with Crippen LogP contribution >= 0.6 is 11.6 Å². The Balaban J connectivity index is 1.64. The summed E-state index contributed by atoms with van der Waals surface area (Å²) in [5.41, 5.74) is 3.23. The molecule has 0 aliphatic carbocycles. The standard InChI is InChI=1S/C26H23ClN6O3/c1-15-22(25(34)30-19-8-5-11-28-14-19)23(16-9-10-20(35-2)21(13-16)36-3)33-26(29-15)31-24(32-33)17-6-4-7-18(27)12-17/h4-14,23H,1-3H3,(H,30,34)(H,29,31,32). The second-order valence-corrected chi connectivity index (χ2v) is 8.53. The van der Waals surface area contributed by atoms with Crippen molar-refractivity contribution in [3.05, 3.63) is 88.8 Å². The number of nitrogens with one attached hydrogen (secondary N) is 2. The first-order valence-corrected chi connectivity index (χ1v) is 11.5. The minimum absolute atomic E-state index is 0.293. The molecule has 2 aromatic heterocycles. The van der Waals surface area contributed by atoms with Crippen LogP contribution in [0.25, 0.3) is 11.4 Å². The fourth-order valence-corrected chi connectivity index (χ4v) is 4.35. The number of carbonyl (C=O) groups excluding carboxylic acids is 1. The average molecular weight is 503 g/mol. The van der Waals surface area contributed by atoms with Crippen LogP contribution in [-0.4, -0.2) is 39.9 Å². The third-order valence-electron chi connectivity index (χ3n) is 5.82. The zero-order valence-electron chi connectivity index (χ0n) is 19.8. The van der Waals surface area contributed by atoms with E-state index in [9.17, 15) is 4.79 Å². The summed E-state index contributed by atoms with van der Waals surface area (Å²) >= 11 is 6.20.